The number of hydrogen-bond acceptors (Lipinski definition) is 9. The number of aromatic nitrogens is 3. The Bertz CT molecular complexity index is 1460. The molecule has 3 aromatic rings. The van der Waals surface area contributed by atoms with E-state index in [4.69, 9.17) is 15.2 Å². The quantitative estimate of drug-likeness (QED) is 0.342. The van der Waals surface area contributed by atoms with Crippen LogP contribution < -0.4 is 15.2 Å². The van der Waals surface area contributed by atoms with E-state index in [2.05, 4.69) is 37.7 Å². The first kappa shape index (κ1) is 25.3. The second-order valence-electron chi connectivity index (χ2n) is 9.51. The van der Waals surface area contributed by atoms with Crippen molar-refractivity contribution in [2.24, 2.45) is 4.99 Å². The van der Waals surface area contributed by atoms with Crippen LogP contribution in [0.15, 0.2) is 53.4 Å². The van der Waals surface area contributed by atoms with E-state index in [0.717, 1.165) is 42.3 Å². The second kappa shape index (κ2) is 10.6. The Hall–Kier alpha value is -4.36. The molecule has 0 aliphatic carbocycles. The summed E-state index contributed by atoms with van der Waals surface area (Å²) in [6, 6.07) is 10.9. The van der Waals surface area contributed by atoms with E-state index < -0.39 is 0 Å². The van der Waals surface area contributed by atoms with Crippen molar-refractivity contribution >= 4 is 23.6 Å². The van der Waals surface area contributed by atoms with Gasteiger partial charge in [-0.2, -0.15) is 5.26 Å². The molecule has 6 heterocycles. The molecule has 2 bridgehead atoms. The Balaban J connectivity index is 1.36. The third-order valence-electron chi connectivity index (χ3n) is 7.22. The average molecular weight is 513 g/mol. The zero-order chi connectivity index (χ0) is 26.8. The number of nitriles is 1. The summed E-state index contributed by atoms with van der Waals surface area (Å²) >= 11 is 0. The normalized spacial score (nSPS) is 19.7. The van der Waals surface area contributed by atoms with Gasteiger partial charge in [0.2, 0.25) is 5.88 Å². The molecule has 10 nitrogen and oxygen atoms in total. The number of piperazine rings is 1. The fourth-order valence-electron chi connectivity index (χ4n) is 5.35. The number of nitrogen functional groups attached to an aromatic ring is 1. The molecule has 2 unspecified atom stereocenters. The van der Waals surface area contributed by atoms with Gasteiger partial charge in [0.05, 0.1) is 31.1 Å². The molecule has 3 aliphatic heterocycles. The van der Waals surface area contributed by atoms with Crippen LogP contribution in [-0.4, -0.2) is 70.0 Å². The van der Waals surface area contributed by atoms with E-state index in [0.29, 0.717) is 41.4 Å². The molecule has 0 radical (unpaired) electrons. The fourth-order valence-corrected chi connectivity index (χ4v) is 5.35. The molecular formula is C28H32N8O2. The largest absolute Gasteiger partial charge is 0.492 e. The Kier molecular flexibility index (Phi) is 7.03. The lowest BCUT2D eigenvalue weighted by molar-refractivity contribution is -0.0652. The van der Waals surface area contributed by atoms with Gasteiger partial charge in [-0.1, -0.05) is 12.1 Å². The Morgan fingerprint density at radius 3 is 2.79 bits per heavy atom. The van der Waals surface area contributed by atoms with Gasteiger partial charge in [0.15, 0.2) is 5.82 Å². The minimum atomic E-state index is 0.195. The van der Waals surface area contributed by atoms with Gasteiger partial charge in [-0.25, -0.2) is 14.5 Å². The summed E-state index contributed by atoms with van der Waals surface area (Å²) in [6.45, 7) is 10.8. The van der Waals surface area contributed by atoms with Crippen molar-refractivity contribution in [3.8, 4) is 17.7 Å². The number of fused-ring (bicyclic) bond motifs is 3. The van der Waals surface area contributed by atoms with Crippen LogP contribution in [0.3, 0.4) is 0 Å². The van der Waals surface area contributed by atoms with Crippen molar-refractivity contribution in [3.05, 3.63) is 65.3 Å². The number of rotatable bonds is 9. The minimum absolute atomic E-state index is 0.195. The topological polar surface area (TPSA) is 117 Å². The lowest BCUT2D eigenvalue weighted by atomic mass is 9.87. The number of ether oxygens (including phenoxy) is 2. The molecule has 38 heavy (non-hydrogen) atoms. The molecule has 0 saturated carbocycles. The summed E-state index contributed by atoms with van der Waals surface area (Å²) in [4.78, 5) is 13.7. The summed E-state index contributed by atoms with van der Waals surface area (Å²) in [5.74, 6) is 2.31. The monoisotopic (exact) mass is 512 g/mol. The predicted octanol–water partition coefficient (Wildman–Crippen LogP) is 3.49. The first-order valence-electron chi connectivity index (χ1n) is 12.7. The number of nitrogens with two attached hydrogens (primary N) is 1. The fraction of sp³-hybridized carbons (Fsp3) is 0.357. The number of piperidine rings is 1. The molecule has 0 aromatic carbocycles. The number of pyridine rings is 2. The molecule has 3 fully saturated rings. The molecule has 3 aliphatic rings. The molecule has 196 valence electrons. The van der Waals surface area contributed by atoms with E-state index in [1.54, 1.807) is 17.8 Å². The summed E-state index contributed by atoms with van der Waals surface area (Å²) in [6.07, 6.45) is 6.89. The van der Waals surface area contributed by atoms with Crippen molar-refractivity contribution in [3.63, 3.8) is 0 Å². The molecule has 3 aromatic heterocycles. The highest BCUT2D eigenvalue weighted by Gasteiger charge is 2.44. The van der Waals surface area contributed by atoms with Gasteiger partial charge < -0.3 is 20.1 Å². The van der Waals surface area contributed by atoms with Crippen LogP contribution >= 0.6 is 0 Å². The van der Waals surface area contributed by atoms with E-state index in [1.807, 2.05) is 50.3 Å². The summed E-state index contributed by atoms with van der Waals surface area (Å²) in [5.41, 5.74) is 9.80. The Morgan fingerprint density at radius 2 is 2.11 bits per heavy atom. The van der Waals surface area contributed by atoms with Crippen molar-refractivity contribution in [2.75, 3.05) is 32.5 Å². The minimum Gasteiger partial charge on any atom is -0.492 e. The molecule has 2 atom stereocenters. The highest BCUT2D eigenvalue weighted by Crippen LogP contribution is 2.36. The molecular weight excluding hydrogens is 480 g/mol. The highest BCUT2D eigenvalue weighted by molar-refractivity contribution is 5.85. The molecule has 3 saturated heterocycles. The van der Waals surface area contributed by atoms with Crippen molar-refractivity contribution in [1.29, 1.82) is 5.26 Å². The van der Waals surface area contributed by atoms with Gasteiger partial charge in [-0.15, -0.1) is 5.10 Å². The van der Waals surface area contributed by atoms with Crippen LogP contribution in [0.5, 0.6) is 11.6 Å². The lowest BCUT2D eigenvalue weighted by Gasteiger charge is -2.56. The number of methoxy groups -OCH3 is 1. The van der Waals surface area contributed by atoms with E-state index in [1.165, 1.54) is 6.42 Å². The number of anilines is 1. The number of nitrogens with zero attached hydrogens (tertiary/aromatic N) is 7. The molecule has 0 amide bonds. The van der Waals surface area contributed by atoms with Gasteiger partial charge in [0.1, 0.15) is 23.2 Å². The van der Waals surface area contributed by atoms with Crippen LogP contribution in [0, 0.1) is 11.3 Å². The summed E-state index contributed by atoms with van der Waals surface area (Å²) < 4.78 is 12.6. The van der Waals surface area contributed by atoms with Gasteiger partial charge in [0.25, 0.3) is 0 Å². The Morgan fingerprint density at radius 1 is 1.32 bits per heavy atom. The SMILES string of the molecule is C=N/C(=C\C=C(/C)c1cc(OCC)cn2nc(N)c(C#N)c12)N1CC2CC(C1)N2Cc1cccc(OC)n1. The summed E-state index contributed by atoms with van der Waals surface area (Å²) in [5, 5.41) is 14.0. The third-order valence-corrected chi connectivity index (χ3v) is 7.22. The van der Waals surface area contributed by atoms with Gasteiger partial charge >= 0.3 is 0 Å². The molecule has 2 N–H and O–H groups in total. The van der Waals surface area contributed by atoms with Crippen LogP contribution in [0.4, 0.5) is 5.82 Å². The van der Waals surface area contributed by atoms with E-state index in [-0.39, 0.29) is 5.82 Å². The van der Waals surface area contributed by atoms with Crippen LogP contribution in [-0.2, 0) is 6.54 Å². The maximum absolute atomic E-state index is 9.69. The zero-order valence-corrected chi connectivity index (χ0v) is 22.0. The smallest absolute Gasteiger partial charge is 0.213 e. The predicted molar refractivity (Wildman–Crippen MR) is 147 cm³/mol. The molecule has 0 spiro atoms. The molecule has 6 rings (SSSR count). The van der Waals surface area contributed by atoms with Gasteiger partial charge in [-0.3, -0.25) is 4.90 Å². The van der Waals surface area contributed by atoms with Crippen LogP contribution in [0.2, 0.25) is 0 Å². The second-order valence-corrected chi connectivity index (χ2v) is 9.51. The Labute approximate surface area is 222 Å². The van der Waals surface area contributed by atoms with Crippen LogP contribution in [0.25, 0.3) is 11.1 Å². The maximum Gasteiger partial charge on any atom is 0.213 e. The van der Waals surface area contributed by atoms with Crippen molar-refractivity contribution in [1.82, 2.24) is 24.4 Å². The van der Waals surface area contributed by atoms with Gasteiger partial charge in [-0.05, 0) is 50.8 Å². The number of aliphatic imine (C=N–C) groups is 1. The lowest BCUT2D eigenvalue weighted by Crippen LogP contribution is -2.67. The molecule has 10 heteroatoms. The van der Waals surface area contributed by atoms with E-state index >= 15 is 0 Å². The van der Waals surface area contributed by atoms with Gasteiger partial charge in [0, 0.05) is 43.3 Å². The average Bonchev–Trinajstić information content (AvgIpc) is 3.26. The number of hydrogen-bond donors (Lipinski definition) is 1. The first-order valence-corrected chi connectivity index (χ1v) is 12.7. The number of allylic oxidation sites excluding steroid dienone is 3. The summed E-state index contributed by atoms with van der Waals surface area (Å²) in [7, 11) is 1.64. The third kappa shape index (κ3) is 4.68. The van der Waals surface area contributed by atoms with Crippen molar-refractivity contribution in [2.45, 2.75) is 38.9 Å². The standard InChI is InChI=1S/C28H32N8O2/c1-5-38-22-12-23(27-24(13-29)28(30)33-36(27)17-22)18(2)9-10-25(31-3)34-15-20-11-21(16-34)35(20)14-19-7-6-8-26(32-19)37-4/h6-10,12,17,20-21H,3,5,11,14-16H2,1-2,4H3,(H2,30,33)/b18-9+,25-10+. The van der Waals surface area contributed by atoms with Crippen molar-refractivity contribution < 1.29 is 9.47 Å². The van der Waals surface area contributed by atoms with Crippen LogP contribution in [0.1, 0.15) is 37.1 Å². The highest BCUT2D eigenvalue weighted by atomic mass is 16.5. The first-order chi connectivity index (χ1) is 18.4. The van der Waals surface area contributed by atoms with E-state index in [9.17, 15) is 5.26 Å². The maximum atomic E-state index is 9.69. The zero-order valence-electron chi connectivity index (χ0n) is 22.0.